The Kier molecular flexibility index (Phi) is 3.55. The Morgan fingerprint density at radius 2 is 2.29 bits per heavy atom. The van der Waals surface area contributed by atoms with Gasteiger partial charge in [-0.2, -0.15) is 0 Å². The maximum Gasteiger partial charge on any atom is 0.270 e. The third kappa shape index (κ3) is 3.17. The Morgan fingerprint density at radius 3 is 2.94 bits per heavy atom. The van der Waals surface area contributed by atoms with Crippen LogP contribution in [0, 0.1) is 0 Å². The van der Waals surface area contributed by atoms with Crippen LogP contribution in [0.5, 0.6) is 0 Å². The zero-order chi connectivity index (χ0) is 12.1. The molecule has 2 rings (SSSR count). The number of rotatable bonds is 4. The molecule has 0 aliphatic carbocycles. The Balaban J connectivity index is 1.91. The van der Waals surface area contributed by atoms with Crippen molar-refractivity contribution in [2.75, 3.05) is 0 Å². The number of aromatic nitrogens is 1. The molecule has 0 spiro atoms. The minimum Gasteiger partial charge on any atom is -0.469 e. The number of hydrogen-bond acceptors (Lipinski definition) is 3. The molecule has 2 aromatic rings. The van der Waals surface area contributed by atoms with E-state index in [1.54, 1.807) is 30.7 Å². The van der Waals surface area contributed by atoms with Gasteiger partial charge in [-0.3, -0.25) is 9.78 Å². The highest BCUT2D eigenvalue weighted by atomic mass is 16.3. The molecule has 1 N–H and O–H groups in total. The molecule has 17 heavy (non-hydrogen) atoms. The molecule has 0 saturated heterocycles. The number of nitrogens with zero attached hydrogens (tertiary/aromatic N) is 1. The molecule has 0 fully saturated rings. The minimum atomic E-state index is -0.162. The number of carbonyl (C=O) groups is 1. The topological polar surface area (TPSA) is 55.1 Å². The van der Waals surface area contributed by atoms with Gasteiger partial charge in [0.05, 0.1) is 6.26 Å². The van der Waals surface area contributed by atoms with Gasteiger partial charge in [-0.1, -0.05) is 6.07 Å². The summed E-state index contributed by atoms with van der Waals surface area (Å²) in [5, 5.41) is 2.87. The van der Waals surface area contributed by atoms with E-state index in [1.807, 2.05) is 19.1 Å². The first-order chi connectivity index (χ1) is 8.25. The number of amides is 1. The number of nitrogens with one attached hydrogen (secondary N) is 1. The summed E-state index contributed by atoms with van der Waals surface area (Å²) in [4.78, 5) is 15.8. The molecule has 0 saturated carbocycles. The smallest absolute Gasteiger partial charge is 0.270 e. The van der Waals surface area contributed by atoms with Gasteiger partial charge in [-0.25, -0.2) is 0 Å². The average molecular weight is 230 g/mol. The van der Waals surface area contributed by atoms with Gasteiger partial charge in [0, 0.05) is 18.7 Å². The molecule has 1 atom stereocenters. The molecule has 4 nitrogen and oxygen atoms in total. The van der Waals surface area contributed by atoms with Crippen molar-refractivity contribution in [2.45, 2.75) is 19.4 Å². The standard InChI is InChI=1S/C13H14N2O2/c1-10(9-11-5-4-8-17-11)15-13(16)12-6-2-3-7-14-12/h2-8,10H,9H2,1H3,(H,15,16). The van der Waals surface area contributed by atoms with Gasteiger partial charge in [-0.15, -0.1) is 0 Å². The summed E-state index contributed by atoms with van der Waals surface area (Å²) in [6.07, 6.45) is 3.90. The first kappa shape index (κ1) is 11.4. The van der Waals surface area contributed by atoms with Gasteiger partial charge in [0.25, 0.3) is 5.91 Å². The Morgan fingerprint density at radius 1 is 1.41 bits per heavy atom. The van der Waals surface area contributed by atoms with Gasteiger partial charge in [0.15, 0.2) is 0 Å². The zero-order valence-electron chi connectivity index (χ0n) is 9.59. The quantitative estimate of drug-likeness (QED) is 0.874. The van der Waals surface area contributed by atoms with E-state index in [0.717, 1.165) is 5.76 Å². The first-order valence-corrected chi connectivity index (χ1v) is 5.50. The fourth-order valence-corrected chi connectivity index (χ4v) is 1.58. The van der Waals surface area contributed by atoms with Crippen molar-refractivity contribution in [3.63, 3.8) is 0 Å². The molecule has 0 aliphatic rings. The normalized spacial score (nSPS) is 12.1. The van der Waals surface area contributed by atoms with Crippen LogP contribution in [0.4, 0.5) is 0 Å². The van der Waals surface area contributed by atoms with Crippen LogP contribution in [0.1, 0.15) is 23.2 Å². The van der Waals surface area contributed by atoms with Crippen LogP contribution in [0.15, 0.2) is 47.2 Å². The van der Waals surface area contributed by atoms with Crippen molar-refractivity contribution < 1.29 is 9.21 Å². The fraction of sp³-hybridized carbons (Fsp3) is 0.231. The predicted molar refractivity (Wildman–Crippen MR) is 63.6 cm³/mol. The lowest BCUT2D eigenvalue weighted by molar-refractivity contribution is 0.0934. The summed E-state index contributed by atoms with van der Waals surface area (Å²) in [5.41, 5.74) is 0.429. The predicted octanol–water partition coefficient (Wildman–Crippen LogP) is 2.04. The molecular formula is C13H14N2O2. The minimum absolute atomic E-state index is 0.00987. The summed E-state index contributed by atoms with van der Waals surface area (Å²) < 4.78 is 5.22. The van der Waals surface area contributed by atoms with Gasteiger partial charge in [-0.05, 0) is 31.2 Å². The summed E-state index contributed by atoms with van der Waals surface area (Å²) >= 11 is 0. The van der Waals surface area contributed by atoms with E-state index in [1.165, 1.54) is 0 Å². The van der Waals surface area contributed by atoms with Crippen LogP contribution in [0.25, 0.3) is 0 Å². The van der Waals surface area contributed by atoms with Gasteiger partial charge in [0.2, 0.25) is 0 Å². The van der Waals surface area contributed by atoms with E-state index >= 15 is 0 Å². The van der Waals surface area contributed by atoms with E-state index in [4.69, 9.17) is 4.42 Å². The van der Waals surface area contributed by atoms with Crippen LogP contribution < -0.4 is 5.32 Å². The van der Waals surface area contributed by atoms with E-state index in [0.29, 0.717) is 12.1 Å². The Labute approximate surface area is 99.7 Å². The molecule has 0 aliphatic heterocycles. The van der Waals surface area contributed by atoms with E-state index in [2.05, 4.69) is 10.3 Å². The second kappa shape index (κ2) is 5.30. The van der Waals surface area contributed by atoms with E-state index < -0.39 is 0 Å². The van der Waals surface area contributed by atoms with Gasteiger partial charge >= 0.3 is 0 Å². The summed E-state index contributed by atoms with van der Waals surface area (Å²) in [6.45, 7) is 1.93. The first-order valence-electron chi connectivity index (χ1n) is 5.50. The molecule has 0 radical (unpaired) electrons. The number of carbonyl (C=O) groups excluding carboxylic acids is 1. The fourth-order valence-electron chi connectivity index (χ4n) is 1.58. The largest absolute Gasteiger partial charge is 0.469 e. The molecule has 1 unspecified atom stereocenters. The van der Waals surface area contributed by atoms with Crippen molar-refractivity contribution in [3.05, 3.63) is 54.2 Å². The average Bonchev–Trinajstić information content (AvgIpc) is 2.82. The summed E-state index contributed by atoms with van der Waals surface area (Å²) in [7, 11) is 0. The van der Waals surface area contributed by atoms with Crippen molar-refractivity contribution in [3.8, 4) is 0 Å². The van der Waals surface area contributed by atoms with E-state index in [-0.39, 0.29) is 11.9 Å². The number of furan rings is 1. The molecule has 4 heteroatoms. The lowest BCUT2D eigenvalue weighted by Crippen LogP contribution is -2.34. The second-order valence-electron chi connectivity index (χ2n) is 3.87. The maximum atomic E-state index is 11.8. The Bertz CT molecular complexity index is 465. The molecule has 0 aromatic carbocycles. The highest BCUT2D eigenvalue weighted by Crippen LogP contribution is 2.04. The third-order valence-corrected chi connectivity index (χ3v) is 2.36. The highest BCUT2D eigenvalue weighted by Gasteiger charge is 2.11. The molecule has 2 heterocycles. The zero-order valence-corrected chi connectivity index (χ0v) is 9.59. The number of pyridine rings is 1. The molecule has 2 aromatic heterocycles. The number of hydrogen-bond donors (Lipinski definition) is 1. The lowest BCUT2D eigenvalue weighted by atomic mass is 10.2. The van der Waals surface area contributed by atoms with Gasteiger partial charge in [0.1, 0.15) is 11.5 Å². The SMILES string of the molecule is CC(Cc1ccco1)NC(=O)c1ccccn1. The molecule has 88 valence electrons. The summed E-state index contributed by atoms with van der Waals surface area (Å²) in [5.74, 6) is 0.698. The third-order valence-electron chi connectivity index (χ3n) is 2.36. The lowest BCUT2D eigenvalue weighted by Gasteiger charge is -2.11. The van der Waals surface area contributed by atoms with Crippen molar-refractivity contribution in [1.29, 1.82) is 0 Å². The van der Waals surface area contributed by atoms with Crippen LogP contribution in [-0.2, 0) is 6.42 Å². The van der Waals surface area contributed by atoms with Crippen molar-refractivity contribution in [2.24, 2.45) is 0 Å². The molecule has 1 amide bonds. The maximum absolute atomic E-state index is 11.8. The van der Waals surface area contributed by atoms with Crippen LogP contribution >= 0.6 is 0 Å². The van der Waals surface area contributed by atoms with Crippen LogP contribution in [-0.4, -0.2) is 16.9 Å². The van der Waals surface area contributed by atoms with Crippen molar-refractivity contribution in [1.82, 2.24) is 10.3 Å². The van der Waals surface area contributed by atoms with Gasteiger partial charge < -0.3 is 9.73 Å². The summed E-state index contributed by atoms with van der Waals surface area (Å²) in [6, 6.07) is 9.00. The van der Waals surface area contributed by atoms with Crippen molar-refractivity contribution >= 4 is 5.91 Å². The highest BCUT2D eigenvalue weighted by molar-refractivity contribution is 5.92. The van der Waals surface area contributed by atoms with Crippen LogP contribution in [0.3, 0.4) is 0 Å². The monoisotopic (exact) mass is 230 g/mol. The van der Waals surface area contributed by atoms with Crippen LogP contribution in [0.2, 0.25) is 0 Å². The molecular weight excluding hydrogens is 216 g/mol. The second-order valence-corrected chi connectivity index (χ2v) is 3.87. The molecule has 0 bridgehead atoms. The van der Waals surface area contributed by atoms with E-state index in [9.17, 15) is 4.79 Å². The Hall–Kier alpha value is -2.10.